The molecule has 0 fully saturated rings. The maximum Gasteiger partial charge on any atom is 0.273 e. The zero-order valence-corrected chi connectivity index (χ0v) is 15.4. The molecule has 0 saturated carbocycles. The van der Waals surface area contributed by atoms with Crippen LogP contribution in [0.2, 0.25) is 0 Å². The van der Waals surface area contributed by atoms with Gasteiger partial charge in [0.25, 0.3) is 11.1 Å². The van der Waals surface area contributed by atoms with Crippen LogP contribution in [-0.4, -0.2) is 15.7 Å². The molecule has 2 N–H and O–H groups in total. The number of nitrogens with zero attached hydrogens (tertiary/aromatic N) is 1. The molecule has 1 aromatic heterocycles. The molecule has 1 aliphatic rings. The number of carbonyl (C=O) groups excluding carboxylic acids is 1. The number of carbonyl (C=O) groups is 1. The molecule has 0 radical (unpaired) electrons. The molecule has 0 saturated heterocycles. The largest absolute Gasteiger partial charge is 0.324 e. The van der Waals surface area contributed by atoms with E-state index in [1.54, 1.807) is 24.3 Å². The van der Waals surface area contributed by atoms with Crippen LogP contribution >= 0.6 is 0 Å². The van der Waals surface area contributed by atoms with Gasteiger partial charge in [-0.25, -0.2) is 4.68 Å². The number of H-pyrrole nitrogens is 1. The SMILES string of the molecule is O=C(Cn1[nH]c(=O)c2ccccc2c1=O)Nc1ccc2c(c1)Cc1ccccc1-2. The van der Waals surface area contributed by atoms with Crippen LogP contribution in [-0.2, 0) is 17.8 Å². The van der Waals surface area contributed by atoms with E-state index in [4.69, 9.17) is 0 Å². The maximum atomic E-state index is 12.6. The Balaban J connectivity index is 1.39. The van der Waals surface area contributed by atoms with Gasteiger partial charge in [-0.15, -0.1) is 0 Å². The topological polar surface area (TPSA) is 84.0 Å². The molecule has 0 bridgehead atoms. The Bertz CT molecular complexity index is 1400. The van der Waals surface area contributed by atoms with E-state index < -0.39 is 11.1 Å². The van der Waals surface area contributed by atoms with E-state index in [1.165, 1.54) is 16.7 Å². The molecule has 1 heterocycles. The third kappa shape index (κ3) is 2.95. The molecular weight excluding hydrogens is 366 g/mol. The number of nitrogens with one attached hydrogen (secondary N) is 2. The summed E-state index contributed by atoms with van der Waals surface area (Å²) in [5.74, 6) is -0.381. The van der Waals surface area contributed by atoms with E-state index in [9.17, 15) is 14.4 Å². The molecule has 6 heteroatoms. The molecule has 6 nitrogen and oxygen atoms in total. The van der Waals surface area contributed by atoms with Crippen LogP contribution in [0.1, 0.15) is 11.1 Å². The van der Waals surface area contributed by atoms with Gasteiger partial charge in [-0.05, 0) is 52.9 Å². The Morgan fingerprint density at radius 3 is 2.48 bits per heavy atom. The predicted octanol–water partition coefficient (Wildman–Crippen LogP) is 2.90. The number of anilines is 1. The van der Waals surface area contributed by atoms with Crippen molar-refractivity contribution in [1.29, 1.82) is 0 Å². The zero-order valence-electron chi connectivity index (χ0n) is 15.4. The van der Waals surface area contributed by atoms with Crippen molar-refractivity contribution in [3.63, 3.8) is 0 Å². The monoisotopic (exact) mass is 383 g/mol. The fourth-order valence-electron chi connectivity index (χ4n) is 3.92. The summed E-state index contributed by atoms with van der Waals surface area (Å²) in [5, 5.41) is 5.90. The lowest BCUT2D eigenvalue weighted by atomic mass is 10.1. The van der Waals surface area contributed by atoms with E-state index in [-0.39, 0.29) is 12.5 Å². The molecule has 1 aliphatic carbocycles. The van der Waals surface area contributed by atoms with Gasteiger partial charge in [-0.1, -0.05) is 42.5 Å². The number of hydrogen-bond acceptors (Lipinski definition) is 3. The number of benzene rings is 3. The van der Waals surface area contributed by atoms with Crippen LogP contribution in [0.3, 0.4) is 0 Å². The first-order valence-electron chi connectivity index (χ1n) is 9.33. The van der Waals surface area contributed by atoms with Gasteiger partial charge in [-0.2, -0.15) is 0 Å². The fourth-order valence-corrected chi connectivity index (χ4v) is 3.92. The van der Waals surface area contributed by atoms with Crippen molar-refractivity contribution in [2.75, 3.05) is 5.32 Å². The van der Waals surface area contributed by atoms with Gasteiger partial charge in [0.05, 0.1) is 10.8 Å². The van der Waals surface area contributed by atoms with Gasteiger partial charge in [-0.3, -0.25) is 19.5 Å². The fraction of sp³-hybridized carbons (Fsp3) is 0.0870. The summed E-state index contributed by atoms with van der Waals surface area (Å²) >= 11 is 0. The number of aromatic nitrogens is 2. The molecule has 4 aromatic rings. The lowest BCUT2D eigenvalue weighted by molar-refractivity contribution is -0.117. The van der Waals surface area contributed by atoms with Crippen molar-refractivity contribution in [2.45, 2.75) is 13.0 Å². The van der Waals surface area contributed by atoms with E-state index in [0.29, 0.717) is 16.5 Å². The Hall–Kier alpha value is -3.93. The van der Waals surface area contributed by atoms with Gasteiger partial charge >= 0.3 is 0 Å². The van der Waals surface area contributed by atoms with Gasteiger partial charge in [0, 0.05) is 5.69 Å². The molecule has 3 aromatic carbocycles. The van der Waals surface area contributed by atoms with Crippen molar-refractivity contribution in [1.82, 2.24) is 9.78 Å². The van der Waals surface area contributed by atoms with E-state index in [2.05, 4.69) is 22.5 Å². The number of amides is 1. The summed E-state index contributed by atoms with van der Waals surface area (Å²) in [4.78, 5) is 37.2. The van der Waals surface area contributed by atoms with Crippen LogP contribution in [0.5, 0.6) is 0 Å². The van der Waals surface area contributed by atoms with Crippen molar-refractivity contribution in [3.05, 3.63) is 98.6 Å². The quantitative estimate of drug-likeness (QED) is 0.502. The second kappa shape index (κ2) is 6.60. The van der Waals surface area contributed by atoms with Crippen LogP contribution in [0.15, 0.2) is 76.3 Å². The highest BCUT2D eigenvalue weighted by Crippen LogP contribution is 2.37. The van der Waals surface area contributed by atoms with Crippen LogP contribution in [0.25, 0.3) is 21.9 Å². The van der Waals surface area contributed by atoms with Gasteiger partial charge < -0.3 is 5.32 Å². The Kier molecular flexibility index (Phi) is 3.91. The molecule has 142 valence electrons. The van der Waals surface area contributed by atoms with E-state index in [1.807, 2.05) is 30.3 Å². The summed E-state index contributed by atoms with van der Waals surface area (Å²) in [6.07, 6.45) is 0.826. The number of fused-ring (bicyclic) bond motifs is 4. The third-order valence-electron chi connectivity index (χ3n) is 5.26. The van der Waals surface area contributed by atoms with Crippen LogP contribution in [0, 0.1) is 0 Å². The van der Waals surface area contributed by atoms with Crippen molar-refractivity contribution < 1.29 is 4.79 Å². The molecule has 29 heavy (non-hydrogen) atoms. The van der Waals surface area contributed by atoms with Crippen LogP contribution in [0.4, 0.5) is 5.69 Å². The average molecular weight is 383 g/mol. The number of rotatable bonds is 3. The van der Waals surface area contributed by atoms with Gasteiger partial charge in [0.2, 0.25) is 5.91 Å². The molecule has 0 spiro atoms. The van der Waals surface area contributed by atoms with Crippen molar-refractivity contribution >= 4 is 22.4 Å². The minimum Gasteiger partial charge on any atom is -0.324 e. The molecule has 5 rings (SSSR count). The van der Waals surface area contributed by atoms with Crippen molar-refractivity contribution in [3.8, 4) is 11.1 Å². The second-order valence-electron chi connectivity index (χ2n) is 7.13. The summed E-state index contributed by atoms with van der Waals surface area (Å²) in [6.45, 7) is -0.268. The second-order valence-corrected chi connectivity index (χ2v) is 7.13. The smallest absolute Gasteiger partial charge is 0.273 e. The van der Waals surface area contributed by atoms with E-state index in [0.717, 1.165) is 16.7 Å². The Morgan fingerprint density at radius 2 is 1.62 bits per heavy atom. The first kappa shape index (κ1) is 17.2. The highest BCUT2D eigenvalue weighted by molar-refractivity contribution is 5.92. The van der Waals surface area contributed by atoms with E-state index >= 15 is 0 Å². The average Bonchev–Trinajstić information content (AvgIpc) is 3.09. The summed E-state index contributed by atoms with van der Waals surface area (Å²) in [7, 11) is 0. The highest BCUT2D eigenvalue weighted by atomic mass is 16.2. The summed E-state index contributed by atoms with van der Waals surface area (Å²) in [5.41, 5.74) is 4.68. The molecule has 1 amide bonds. The standard InChI is InChI=1S/C23H17N3O3/c27-21(13-26-23(29)20-8-4-3-7-19(20)22(28)25-26)24-16-9-10-18-15(12-16)11-14-5-1-2-6-17(14)18/h1-10,12H,11,13H2,(H,24,27)(H,25,28). The lowest BCUT2D eigenvalue weighted by Crippen LogP contribution is -2.34. The normalized spacial score (nSPS) is 11.9. The Morgan fingerprint density at radius 1 is 0.897 bits per heavy atom. The lowest BCUT2D eigenvalue weighted by Gasteiger charge is -2.10. The minimum absolute atomic E-state index is 0.268. The number of aromatic amines is 1. The molecular formula is C23H17N3O3. The van der Waals surface area contributed by atoms with Gasteiger partial charge in [0.15, 0.2) is 0 Å². The Labute approximate surface area is 165 Å². The highest BCUT2D eigenvalue weighted by Gasteiger charge is 2.18. The molecule has 0 aliphatic heterocycles. The third-order valence-corrected chi connectivity index (χ3v) is 5.26. The van der Waals surface area contributed by atoms with Crippen molar-refractivity contribution in [2.24, 2.45) is 0 Å². The van der Waals surface area contributed by atoms with Crippen LogP contribution < -0.4 is 16.4 Å². The predicted molar refractivity (Wildman–Crippen MR) is 112 cm³/mol. The summed E-state index contributed by atoms with van der Waals surface area (Å²) < 4.78 is 1.04. The first-order chi connectivity index (χ1) is 14.1. The maximum absolute atomic E-state index is 12.6. The summed E-state index contributed by atoms with van der Waals surface area (Å²) in [6, 6.07) is 20.6. The first-order valence-corrected chi connectivity index (χ1v) is 9.33. The minimum atomic E-state index is -0.403. The van der Waals surface area contributed by atoms with Gasteiger partial charge in [0.1, 0.15) is 6.54 Å². The molecule has 0 atom stereocenters. The molecule has 0 unspecified atom stereocenters. The number of hydrogen-bond donors (Lipinski definition) is 2. The zero-order chi connectivity index (χ0) is 20.0.